The highest BCUT2D eigenvalue weighted by molar-refractivity contribution is 6.30. The Morgan fingerprint density at radius 3 is 2.61 bits per heavy atom. The number of rotatable bonds is 4. The van der Waals surface area contributed by atoms with Gasteiger partial charge in [-0.2, -0.15) is 0 Å². The van der Waals surface area contributed by atoms with E-state index in [1.54, 1.807) is 24.3 Å². The number of aliphatic hydroxyl groups is 1. The second kappa shape index (κ2) is 5.85. The van der Waals surface area contributed by atoms with Gasteiger partial charge in [-0.15, -0.1) is 0 Å². The molecule has 2 aromatic rings. The predicted molar refractivity (Wildman–Crippen MR) is 71.3 cm³/mol. The first-order chi connectivity index (χ1) is 8.69. The third-order valence-corrected chi connectivity index (χ3v) is 2.83. The van der Waals surface area contributed by atoms with Gasteiger partial charge in [0.05, 0.1) is 12.6 Å². The average Bonchev–Trinajstić information content (AvgIpc) is 2.36. The zero-order valence-corrected chi connectivity index (χ0v) is 10.4. The van der Waals surface area contributed by atoms with E-state index in [2.05, 4.69) is 5.32 Å². The largest absolute Gasteiger partial charge is 0.394 e. The molecule has 0 fully saturated rings. The summed E-state index contributed by atoms with van der Waals surface area (Å²) in [6.07, 6.45) is 0. The highest BCUT2D eigenvalue weighted by atomic mass is 35.5. The molecule has 0 saturated carbocycles. The van der Waals surface area contributed by atoms with Crippen LogP contribution < -0.4 is 5.32 Å². The highest BCUT2D eigenvalue weighted by Gasteiger charge is 2.10. The maximum Gasteiger partial charge on any atom is 0.125 e. The van der Waals surface area contributed by atoms with Crippen LogP contribution in [0.1, 0.15) is 11.6 Å². The van der Waals surface area contributed by atoms with Crippen LogP contribution in [0.4, 0.5) is 10.1 Å². The van der Waals surface area contributed by atoms with Crippen LogP contribution in [-0.4, -0.2) is 11.7 Å². The summed E-state index contributed by atoms with van der Waals surface area (Å²) >= 11 is 5.90. The van der Waals surface area contributed by atoms with E-state index in [0.29, 0.717) is 10.7 Å². The summed E-state index contributed by atoms with van der Waals surface area (Å²) in [6, 6.07) is 13.0. The van der Waals surface area contributed by atoms with Crippen molar-refractivity contribution in [2.45, 2.75) is 6.04 Å². The fourth-order valence-electron chi connectivity index (χ4n) is 1.74. The summed E-state index contributed by atoms with van der Waals surface area (Å²) < 4.78 is 13.1. The van der Waals surface area contributed by atoms with Crippen molar-refractivity contribution in [1.29, 1.82) is 0 Å². The lowest BCUT2D eigenvalue weighted by molar-refractivity contribution is 0.276. The summed E-state index contributed by atoms with van der Waals surface area (Å²) in [5, 5.41) is 13.1. The van der Waals surface area contributed by atoms with Crippen LogP contribution >= 0.6 is 11.6 Å². The van der Waals surface area contributed by atoms with E-state index in [1.807, 2.05) is 12.1 Å². The van der Waals surface area contributed by atoms with Gasteiger partial charge in [0.15, 0.2) is 0 Å². The predicted octanol–water partition coefficient (Wildman–Crippen LogP) is 3.62. The minimum Gasteiger partial charge on any atom is -0.394 e. The Morgan fingerprint density at radius 1 is 1.17 bits per heavy atom. The van der Waals surface area contributed by atoms with E-state index < -0.39 is 0 Å². The van der Waals surface area contributed by atoms with Crippen molar-refractivity contribution >= 4 is 17.3 Å². The van der Waals surface area contributed by atoms with Crippen molar-refractivity contribution in [1.82, 2.24) is 0 Å². The minimum atomic E-state index is -0.317. The van der Waals surface area contributed by atoms with Gasteiger partial charge in [-0.3, -0.25) is 0 Å². The topological polar surface area (TPSA) is 32.3 Å². The molecule has 0 aliphatic heterocycles. The molecule has 2 N–H and O–H groups in total. The Kier molecular flexibility index (Phi) is 4.18. The lowest BCUT2D eigenvalue weighted by Gasteiger charge is -2.18. The van der Waals surface area contributed by atoms with Gasteiger partial charge >= 0.3 is 0 Å². The molecule has 2 nitrogen and oxygen atoms in total. The van der Waals surface area contributed by atoms with Gasteiger partial charge in [0.2, 0.25) is 0 Å². The van der Waals surface area contributed by atoms with E-state index in [1.165, 1.54) is 12.1 Å². The Bertz CT molecular complexity index is 533. The van der Waals surface area contributed by atoms with Crippen LogP contribution in [0.3, 0.4) is 0 Å². The molecule has 0 aliphatic carbocycles. The van der Waals surface area contributed by atoms with E-state index >= 15 is 0 Å². The van der Waals surface area contributed by atoms with Gasteiger partial charge in [0.1, 0.15) is 5.82 Å². The number of halogens is 2. The van der Waals surface area contributed by atoms with Crippen LogP contribution in [0.5, 0.6) is 0 Å². The molecule has 0 bridgehead atoms. The Balaban J connectivity index is 2.19. The molecule has 18 heavy (non-hydrogen) atoms. The van der Waals surface area contributed by atoms with Crippen molar-refractivity contribution < 1.29 is 9.50 Å². The third kappa shape index (κ3) is 3.22. The second-order valence-corrected chi connectivity index (χ2v) is 4.38. The number of hydrogen-bond donors (Lipinski definition) is 2. The van der Waals surface area contributed by atoms with Crippen molar-refractivity contribution in [2.75, 3.05) is 11.9 Å². The lowest BCUT2D eigenvalue weighted by atomic mass is 10.1. The van der Waals surface area contributed by atoms with Gasteiger partial charge in [-0.25, -0.2) is 4.39 Å². The maximum atomic E-state index is 13.1. The van der Waals surface area contributed by atoms with Gasteiger partial charge in [-0.1, -0.05) is 29.8 Å². The van der Waals surface area contributed by atoms with Crippen LogP contribution in [0, 0.1) is 5.82 Å². The molecular formula is C14H13ClFNO. The SMILES string of the molecule is OCC(Nc1cccc(F)c1)c1cccc(Cl)c1. The monoisotopic (exact) mass is 265 g/mol. The van der Waals surface area contributed by atoms with E-state index in [0.717, 1.165) is 5.56 Å². The zero-order chi connectivity index (χ0) is 13.0. The van der Waals surface area contributed by atoms with Crippen molar-refractivity contribution in [3.8, 4) is 0 Å². The quantitative estimate of drug-likeness (QED) is 0.885. The summed E-state index contributed by atoms with van der Waals surface area (Å²) in [6.45, 7) is -0.100. The summed E-state index contributed by atoms with van der Waals surface area (Å²) in [5.41, 5.74) is 1.48. The first-order valence-electron chi connectivity index (χ1n) is 5.57. The van der Waals surface area contributed by atoms with Crippen LogP contribution in [-0.2, 0) is 0 Å². The van der Waals surface area contributed by atoms with Crippen LogP contribution in [0.15, 0.2) is 48.5 Å². The maximum absolute atomic E-state index is 13.1. The van der Waals surface area contributed by atoms with Crippen LogP contribution in [0.2, 0.25) is 5.02 Å². The lowest BCUT2D eigenvalue weighted by Crippen LogP contribution is -2.14. The minimum absolute atomic E-state index is 0.100. The first kappa shape index (κ1) is 12.9. The Hall–Kier alpha value is -1.58. The number of nitrogens with one attached hydrogen (secondary N) is 1. The molecule has 0 aliphatic rings. The second-order valence-electron chi connectivity index (χ2n) is 3.94. The standard InChI is InChI=1S/C14H13ClFNO/c15-11-4-1-3-10(7-11)14(9-18)17-13-6-2-5-12(16)8-13/h1-8,14,17-18H,9H2. The molecule has 0 saturated heterocycles. The molecule has 0 aromatic heterocycles. The van der Waals surface area contributed by atoms with Gasteiger partial charge < -0.3 is 10.4 Å². The highest BCUT2D eigenvalue weighted by Crippen LogP contribution is 2.22. The van der Waals surface area contributed by atoms with Gasteiger partial charge in [-0.05, 0) is 35.9 Å². The molecule has 0 amide bonds. The molecule has 0 spiro atoms. The first-order valence-corrected chi connectivity index (χ1v) is 5.95. The summed E-state index contributed by atoms with van der Waals surface area (Å²) in [4.78, 5) is 0. The van der Waals surface area contributed by atoms with Gasteiger partial charge in [0.25, 0.3) is 0 Å². The zero-order valence-electron chi connectivity index (χ0n) is 9.61. The van der Waals surface area contributed by atoms with Crippen molar-refractivity contribution in [3.63, 3.8) is 0 Å². The van der Waals surface area contributed by atoms with Gasteiger partial charge in [0, 0.05) is 10.7 Å². The fraction of sp³-hybridized carbons (Fsp3) is 0.143. The van der Waals surface area contributed by atoms with E-state index in [9.17, 15) is 9.50 Å². The molecule has 2 rings (SSSR count). The van der Waals surface area contributed by atoms with E-state index in [4.69, 9.17) is 11.6 Å². The molecule has 4 heteroatoms. The third-order valence-electron chi connectivity index (χ3n) is 2.60. The average molecular weight is 266 g/mol. The molecular weight excluding hydrogens is 253 g/mol. The molecule has 1 atom stereocenters. The van der Waals surface area contributed by atoms with Crippen molar-refractivity contribution in [2.24, 2.45) is 0 Å². The fourth-order valence-corrected chi connectivity index (χ4v) is 1.94. The Morgan fingerprint density at radius 2 is 1.94 bits per heavy atom. The number of anilines is 1. The summed E-state index contributed by atoms with van der Waals surface area (Å²) in [7, 11) is 0. The summed E-state index contributed by atoms with van der Waals surface area (Å²) in [5.74, 6) is -0.317. The number of aliphatic hydroxyl groups excluding tert-OH is 1. The van der Waals surface area contributed by atoms with E-state index in [-0.39, 0.29) is 18.5 Å². The normalized spacial score (nSPS) is 12.2. The molecule has 94 valence electrons. The molecule has 1 unspecified atom stereocenters. The van der Waals surface area contributed by atoms with Crippen LogP contribution in [0.25, 0.3) is 0 Å². The number of hydrogen-bond acceptors (Lipinski definition) is 2. The molecule has 0 radical (unpaired) electrons. The Labute approximate surface area is 110 Å². The van der Waals surface area contributed by atoms with Crippen molar-refractivity contribution in [3.05, 3.63) is 64.9 Å². The smallest absolute Gasteiger partial charge is 0.125 e. The number of benzene rings is 2. The molecule has 2 aromatic carbocycles. The molecule has 0 heterocycles.